The van der Waals surface area contributed by atoms with Crippen LogP contribution in [-0.4, -0.2) is 9.78 Å². The second-order valence-corrected chi connectivity index (χ2v) is 4.09. The Bertz CT molecular complexity index is 300. The van der Waals surface area contributed by atoms with Crippen molar-refractivity contribution in [2.24, 2.45) is 5.92 Å². The average molecular weight is 181 g/mol. The molecule has 0 unspecified atom stereocenters. The molecule has 1 aromatic heterocycles. The molecule has 1 heterocycles. The van der Waals surface area contributed by atoms with E-state index < -0.39 is 0 Å². The number of aromatic nitrogens is 2. The molecule has 0 amide bonds. The molecule has 0 N–H and O–H groups in total. The topological polar surface area (TPSA) is 17.8 Å². The summed E-state index contributed by atoms with van der Waals surface area (Å²) in [5.74, 6) is 0.637. The van der Waals surface area contributed by atoms with Gasteiger partial charge in [-0.3, -0.25) is 4.68 Å². The molecule has 71 valence electrons. The fourth-order valence-corrected chi connectivity index (χ4v) is 1.56. The summed E-state index contributed by atoms with van der Waals surface area (Å²) in [5.41, 5.74) is 0.701. The summed E-state index contributed by atoms with van der Waals surface area (Å²) in [5, 5.41) is 3.93. The van der Waals surface area contributed by atoms with Crippen molar-refractivity contribution in [3.05, 3.63) is 17.7 Å². The van der Waals surface area contributed by atoms with Gasteiger partial charge in [-0.15, -0.1) is 0 Å². The van der Waals surface area contributed by atoms with E-state index in [1.54, 1.807) is 4.68 Å². The van der Waals surface area contributed by atoms with Crippen molar-refractivity contribution in [2.75, 3.05) is 0 Å². The summed E-state index contributed by atoms with van der Waals surface area (Å²) in [6.07, 6.45) is 4.92. The molecule has 0 bridgehead atoms. The second kappa shape index (κ2) is 3.13. The van der Waals surface area contributed by atoms with Crippen LogP contribution in [0.3, 0.4) is 0 Å². The normalized spacial score (nSPS) is 16.9. The van der Waals surface area contributed by atoms with E-state index in [0.29, 0.717) is 5.69 Å². The molecule has 1 aliphatic carbocycles. The van der Waals surface area contributed by atoms with Gasteiger partial charge < -0.3 is 0 Å². The van der Waals surface area contributed by atoms with Crippen LogP contribution in [0.1, 0.15) is 38.3 Å². The first-order valence-corrected chi connectivity index (χ1v) is 4.82. The molecule has 13 heavy (non-hydrogen) atoms. The number of hydrogen-bond donors (Lipinski definition) is 0. The molecule has 2 nitrogen and oxygen atoms in total. The van der Waals surface area contributed by atoms with E-state index in [0.717, 1.165) is 12.5 Å². The van der Waals surface area contributed by atoms with E-state index in [-0.39, 0.29) is 11.7 Å². The summed E-state index contributed by atoms with van der Waals surface area (Å²) < 4.78 is 15.0. The van der Waals surface area contributed by atoms with Gasteiger partial charge >= 0.3 is 0 Å². The standard InChI is InChI=1S/C10H14FN2/c1-7(2)10-9(11)5-12-13(10)6-8-3-4-8/h7-8H,3-4,6H2,1-2H3. The van der Waals surface area contributed by atoms with Crippen LogP contribution in [0.15, 0.2) is 0 Å². The molecular weight excluding hydrogens is 167 g/mol. The van der Waals surface area contributed by atoms with E-state index in [1.165, 1.54) is 12.8 Å². The third kappa shape index (κ3) is 1.74. The molecule has 3 heteroatoms. The molecular formula is C10H14FN2. The number of hydrogen-bond acceptors (Lipinski definition) is 1. The monoisotopic (exact) mass is 181 g/mol. The van der Waals surface area contributed by atoms with Crippen molar-refractivity contribution in [1.82, 2.24) is 9.78 Å². The lowest BCUT2D eigenvalue weighted by Crippen LogP contribution is -2.08. The fourth-order valence-electron chi connectivity index (χ4n) is 1.56. The minimum absolute atomic E-state index is 0.192. The van der Waals surface area contributed by atoms with Crippen molar-refractivity contribution < 1.29 is 4.39 Å². The van der Waals surface area contributed by atoms with Crippen LogP contribution in [0, 0.1) is 17.9 Å². The predicted molar refractivity (Wildman–Crippen MR) is 47.8 cm³/mol. The molecule has 0 atom stereocenters. The number of rotatable bonds is 3. The molecule has 1 fully saturated rings. The van der Waals surface area contributed by atoms with Crippen molar-refractivity contribution in [1.29, 1.82) is 0 Å². The van der Waals surface area contributed by atoms with E-state index in [2.05, 4.69) is 11.3 Å². The maximum absolute atomic E-state index is 13.2. The maximum atomic E-state index is 13.2. The van der Waals surface area contributed by atoms with Gasteiger partial charge in [0.15, 0.2) is 12.0 Å². The zero-order valence-corrected chi connectivity index (χ0v) is 8.05. The van der Waals surface area contributed by atoms with Gasteiger partial charge in [0.05, 0.1) is 5.69 Å². The largest absolute Gasteiger partial charge is 0.265 e. The average Bonchev–Trinajstić information content (AvgIpc) is 2.76. The molecule has 1 aromatic rings. The summed E-state index contributed by atoms with van der Waals surface area (Å²) in [6.45, 7) is 4.84. The second-order valence-electron chi connectivity index (χ2n) is 4.09. The van der Waals surface area contributed by atoms with E-state index in [1.807, 2.05) is 13.8 Å². The Balaban J connectivity index is 2.22. The zero-order chi connectivity index (χ0) is 9.42. The maximum Gasteiger partial charge on any atom is 0.174 e. The van der Waals surface area contributed by atoms with Crippen molar-refractivity contribution >= 4 is 0 Å². The lowest BCUT2D eigenvalue weighted by Gasteiger charge is -2.08. The van der Waals surface area contributed by atoms with Crippen LogP contribution < -0.4 is 0 Å². The summed E-state index contributed by atoms with van der Waals surface area (Å²) in [7, 11) is 0. The highest BCUT2D eigenvalue weighted by Gasteiger charge is 2.24. The molecule has 0 saturated heterocycles. The minimum Gasteiger partial charge on any atom is -0.265 e. The van der Waals surface area contributed by atoms with Gasteiger partial charge in [-0.2, -0.15) is 5.10 Å². The highest BCUT2D eigenvalue weighted by atomic mass is 19.1. The number of halogens is 1. The first-order chi connectivity index (χ1) is 6.18. The summed E-state index contributed by atoms with van der Waals surface area (Å²) >= 11 is 0. The summed E-state index contributed by atoms with van der Waals surface area (Å²) in [6, 6.07) is 0. The van der Waals surface area contributed by atoms with Gasteiger partial charge in [-0.1, -0.05) is 13.8 Å². The van der Waals surface area contributed by atoms with Crippen LogP contribution in [-0.2, 0) is 6.54 Å². The molecule has 1 aliphatic rings. The molecule has 1 radical (unpaired) electrons. The summed E-state index contributed by atoms with van der Waals surface area (Å²) in [4.78, 5) is 0. The predicted octanol–water partition coefficient (Wildman–Crippen LogP) is 2.36. The first kappa shape index (κ1) is 8.73. The third-order valence-corrected chi connectivity index (χ3v) is 2.45. The Morgan fingerprint density at radius 2 is 2.31 bits per heavy atom. The smallest absolute Gasteiger partial charge is 0.174 e. The highest BCUT2D eigenvalue weighted by molar-refractivity contribution is 5.08. The molecule has 0 aromatic carbocycles. The van der Waals surface area contributed by atoms with E-state index in [9.17, 15) is 4.39 Å². The van der Waals surface area contributed by atoms with Crippen molar-refractivity contribution in [2.45, 2.75) is 39.2 Å². The van der Waals surface area contributed by atoms with Gasteiger partial charge in [-0.25, -0.2) is 4.39 Å². The lowest BCUT2D eigenvalue weighted by molar-refractivity contribution is 0.508. The molecule has 2 rings (SSSR count). The van der Waals surface area contributed by atoms with Gasteiger partial charge in [-0.05, 0) is 24.7 Å². The minimum atomic E-state index is -0.282. The van der Waals surface area contributed by atoms with Crippen LogP contribution in [0.4, 0.5) is 4.39 Å². The van der Waals surface area contributed by atoms with Crippen LogP contribution >= 0.6 is 0 Å². The number of nitrogens with zero attached hydrogens (tertiary/aromatic N) is 2. The van der Waals surface area contributed by atoms with Crippen LogP contribution in [0.25, 0.3) is 0 Å². The Morgan fingerprint density at radius 1 is 1.62 bits per heavy atom. The fraction of sp³-hybridized carbons (Fsp3) is 0.700. The van der Waals surface area contributed by atoms with Crippen molar-refractivity contribution in [3.8, 4) is 0 Å². The Kier molecular flexibility index (Phi) is 2.10. The quantitative estimate of drug-likeness (QED) is 0.700. The SMILES string of the molecule is CC(C)c1c(F)[c]nn1CC1CC1. The van der Waals surface area contributed by atoms with Gasteiger partial charge in [0.2, 0.25) is 0 Å². The zero-order valence-electron chi connectivity index (χ0n) is 8.05. The van der Waals surface area contributed by atoms with Gasteiger partial charge in [0.25, 0.3) is 0 Å². The molecule has 0 spiro atoms. The van der Waals surface area contributed by atoms with E-state index >= 15 is 0 Å². The molecule has 1 saturated carbocycles. The van der Waals surface area contributed by atoms with Crippen molar-refractivity contribution in [3.63, 3.8) is 0 Å². The van der Waals surface area contributed by atoms with E-state index in [4.69, 9.17) is 0 Å². The first-order valence-electron chi connectivity index (χ1n) is 4.82. The highest BCUT2D eigenvalue weighted by Crippen LogP contribution is 2.31. The van der Waals surface area contributed by atoms with Gasteiger partial charge in [0, 0.05) is 6.54 Å². The van der Waals surface area contributed by atoms with Gasteiger partial charge in [0.1, 0.15) is 0 Å². The lowest BCUT2D eigenvalue weighted by atomic mass is 10.1. The molecule has 0 aliphatic heterocycles. The Morgan fingerprint density at radius 3 is 2.85 bits per heavy atom. The van der Waals surface area contributed by atoms with Crippen LogP contribution in [0.2, 0.25) is 0 Å². The Hall–Kier alpha value is -0.860. The van der Waals surface area contributed by atoms with Crippen LogP contribution in [0.5, 0.6) is 0 Å². The Labute approximate surface area is 77.8 Å². The third-order valence-electron chi connectivity index (χ3n) is 2.45.